The van der Waals surface area contributed by atoms with E-state index in [0.717, 1.165) is 32.3 Å². The number of nitrogens with one attached hydrogen (secondary N) is 1. The second-order valence-electron chi connectivity index (χ2n) is 5.70. The summed E-state index contributed by atoms with van der Waals surface area (Å²) in [4.78, 5) is 12.1. The Morgan fingerprint density at radius 3 is 2.76 bits per heavy atom. The molecule has 98 valence electrons. The Bertz CT molecular complexity index is 269. The molecule has 1 saturated heterocycles. The van der Waals surface area contributed by atoms with E-state index in [1.54, 1.807) is 0 Å². The highest BCUT2D eigenvalue weighted by molar-refractivity contribution is 5.83. The van der Waals surface area contributed by atoms with Gasteiger partial charge in [-0.25, -0.2) is 0 Å². The summed E-state index contributed by atoms with van der Waals surface area (Å²) in [5, 5.41) is 3.02. The largest absolute Gasteiger partial charge is 0.376 e. The van der Waals surface area contributed by atoms with Crippen molar-refractivity contribution in [2.45, 2.75) is 45.1 Å². The molecule has 4 heteroatoms. The fourth-order valence-corrected chi connectivity index (χ4v) is 3.08. The molecule has 2 rings (SSSR count). The number of carbonyl (C=O) groups is 1. The number of nitrogens with two attached hydrogens (primary N) is 1. The monoisotopic (exact) mass is 240 g/mol. The third kappa shape index (κ3) is 2.80. The molecule has 3 N–H and O–H groups in total. The molecule has 4 nitrogen and oxygen atoms in total. The molecule has 0 radical (unpaired) electrons. The maximum absolute atomic E-state index is 12.1. The van der Waals surface area contributed by atoms with Crippen LogP contribution in [0.15, 0.2) is 0 Å². The summed E-state index contributed by atoms with van der Waals surface area (Å²) in [5.41, 5.74) is 5.46. The zero-order valence-corrected chi connectivity index (χ0v) is 10.7. The van der Waals surface area contributed by atoms with Crippen molar-refractivity contribution in [2.75, 3.05) is 19.7 Å². The number of rotatable bonds is 4. The average molecular weight is 240 g/mol. The summed E-state index contributed by atoms with van der Waals surface area (Å²) in [7, 11) is 0. The molecular weight excluding hydrogens is 216 g/mol. The third-order valence-electron chi connectivity index (χ3n) is 4.12. The zero-order chi connectivity index (χ0) is 12.3. The molecule has 0 aromatic rings. The van der Waals surface area contributed by atoms with Gasteiger partial charge in [-0.15, -0.1) is 0 Å². The minimum atomic E-state index is -0.284. The molecule has 2 fully saturated rings. The van der Waals surface area contributed by atoms with Crippen LogP contribution in [0.25, 0.3) is 0 Å². The molecule has 1 aliphatic heterocycles. The molecule has 1 aliphatic carbocycles. The summed E-state index contributed by atoms with van der Waals surface area (Å²) < 4.78 is 5.60. The molecule has 0 aromatic heterocycles. The lowest BCUT2D eigenvalue weighted by molar-refractivity contribution is -0.138. The summed E-state index contributed by atoms with van der Waals surface area (Å²) >= 11 is 0. The number of ether oxygens (including phenoxy) is 1. The van der Waals surface area contributed by atoms with Crippen molar-refractivity contribution in [3.05, 3.63) is 0 Å². The van der Waals surface area contributed by atoms with E-state index < -0.39 is 0 Å². The van der Waals surface area contributed by atoms with Gasteiger partial charge in [0.05, 0.1) is 11.5 Å². The standard InChI is InChI=1S/C13H24N2O2/c1-10-6-13(7-10,9-14)12(16)15-8-11-4-2-3-5-17-11/h10-11H,2-9,14H2,1H3,(H,15,16). The molecular formula is C13H24N2O2. The lowest BCUT2D eigenvalue weighted by atomic mass is 9.62. The highest BCUT2D eigenvalue weighted by Crippen LogP contribution is 2.44. The second-order valence-corrected chi connectivity index (χ2v) is 5.70. The van der Waals surface area contributed by atoms with Gasteiger partial charge in [-0.3, -0.25) is 4.79 Å². The summed E-state index contributed by atoms with van der Waals surface area (Å²) in [6.45, 7) is 4.12. The van der Waals surface area contributed by atoms with Gasteiger partial charge >= 0.3 is 0 Å². The fraction of sp³-hybridized carbons (Fsp3) is 0.923. The third-order valence-corrected chi connectivity index (χ3v) is 4.12. The van der Waals surface area contributed by atoms with Crippen LogP contribution < -0.4 is 11.1 Å². The number of hydrogen-bond donors (Lipinski definition) is 2. The molecule has 0 spiro atoms. The van der Waals surface area contributed by atoms with Crippen molar-refractivity contribution >= 4 is 5.91 Å². The first kappa shape index (κ1) is 12.8. The molecule has 0 bridgehead atoms. The van der Waals surface area contributed by atoms with Gasteiger partial charge in [-0.05, 0) is 38.0 Å². The summed E-state index contributed by atoms with van der Waals surface area (Å²) in [6.07, 6.45) is 5.49. The van der Waals surface area contributed by atoms with E-state index in [0.29, 0.717) is 19.0 Å². The van der Waals surface area contributed by atoms with E-state index in [-0.39, 0.29) is 17.4 Å². The Morgan fingerprint density at radius 1 is 1.47 bits per heavy atom. The van der Waals surface area contributed by atoms with Crippen LogP contribution in [0, 0.1) is 11.3 Å². The van der Waals surface area contributed by atoms with Crippen LogP contribution in [0.4, 0.5) is 0 Å². The van der Waals surface area contributed by atoms with Crippen molar-refractivity contribution in [1.82, 2.24) is 5.32 Å². The number of amides is 1. The summed E-state index contributed by atoms with van der Waals surface area (Å²) in [5.74, 6) is 0.766. The first-order chi connectivity index (χ1) is 8.16. The van der Waals surface area contributed by atoms with E-state index in [4.69, 9.17) is 10.5 Å². The molecule has 2 aliphatic rings. The van der Waals surface area contributed by atoms with E-state index in [9.17, 15) is 4.79 Å². The first-order valence-electron chi connectivity index (χ1n) is 6.76. The Balaban J connectivity index is 1.76. The predicted molar refractivity (Wildman–Crippen MR) is 66.5 cm³/mol. The van der Waals surface area contributed by atoms with Crippen molar-refractivity contribution in [3.8, 4) is 0 Å². The fourth-order valence-electron chi connectivity index (χ4n) is 3.08. The van der Waals surface area contributed by atoms with Gasteiger partial charge in [0.25, 0.3) is 0 Å². The van der Waals surface area contributed by atoms with E-state index in [1.165, 1.54) is 6.42 Å². The molecule has 1 amide bonds. The van der Waals surface area contributed by atoms with Gasteiger partial charge in [0.2, 0.25) is 5.91 Å². The van der Waals surface area contributed by atoms with Crippen LogP contribution in [0.1, 0.15) is 39.0 Å². The molecule has 1 atom stereocenters. The Kier molecular flexibility index (Phi) is 4.05. The van der Waals surface area contributed by atoms with Gasteiger partial charge < -0.3 is 15.8 Å². The van der Waals surface area contributed by atoms with E-state index >= 15 is 0 Å². The zero-order valence-electron chi connectivity index (χ0n) is 10.7. The van der Waals surface area contributed by atoms with Gasteiger partial charge in [0.1, 0.15) is 0 Å². The minimum absolute atomic E-state index is 0.132. The van der Waals surface area contributed by atoms with Crippen LogP contribution in [-0.2, 0) is 9.53 Å². The van der Waals surface area contributed by atoms with Crippen LogP contribution in [0.2, 0.25) is 0 Å². The van der Waals surface area contributed by atoms with Crippen LogP contribution in [0.5, 0.6) is 0 Å². The van der Waals surface area contributed by atoms with Crippen molar-refractivity contribution in [1.29, 1.82) is 0 Å². The Hall–Kier alpha value is -0.610. The van der Waals surface area contributed by atoms with Gasteiger partial charge in [0.15, 0.2) is 0 Å². The number of hydrogen-bond acceptors (Lipinski definition) is 3. The topological polar surface area (TPSA) is 64.4 Å². The maximum atomic E-state index is 12.1. The lowest BCUT2D eigenvalue weighted by Gasteiger charge is -2.44. The van der Waals surface area contributed by atoms with Gasteiger partial charge in [-0.1, -0.05) is 6.92 Å². The number of carbonyl (C=O) groups excluding carboxylic acids is 1. The van der Waals surface area contributed by atoms with E-state index in [2.05, 4.69) is 12.2 Å². The van der Waals surface area contributed by atoms with Crippen LogP contribution in [0.3, 0.4) is 0 Å². The molecule has 1 heterocycles. The molecule has 1 saturated carbocycles. The van der Waals surface area contributed by atoms with Gasteiger partial charge in [-0.2, -0.15) is 0 Å². The first-order valence-corrected chi connectivity index (χ1v) is 6.76. The highest BCUT2D eigenvalue weighted by atomic mass is 16.5. The van der Waals surface area contributed by atoms with Crippen molar-refractivity contribution in [3.63, 3.8) is 0 Å². The van der Waals surface area contributed by atoms with E-state index in [1.807, 2.05) is 0 Å². The van der Waals surface area contributed by atoms with Gasteiger partial charge in [0, 0.05) is 19.7 Å². The molecule has 0 aromatic carbocycles. The molecule has 17 heavy (non-hydrogen) atoms. The SMILES string of the molecule is CC1CC(CN)(C(=O)NCC2CCCCO2)C1. The van der Waals surface area contributed by atoms with Crippen molar-refractivity contribution in [2.24, 2.45) is 17.1 Å². The highest BCUT2D eigenvalue weighted by Gasteiger charge is 2.47. The smallest absolute Gasteiger partial charge is 0.227 e. The second kappa shape index (κ2) is 5.36. The van der Waals surface area contributed by atoms with Crippen molar-refractivity contribution < 1.29 is 9.53 Å². The Morgan fingerprint density at radius 2 is 2.24 bits per heavy atom. The Labute approximate surface area is 103 Å². The average Bonchev–Trinajstić information content (AvgIpc) is 2.33. The summed E-state index contributed by atoms with van der Waals surface area (Å²) in [6, 6.07) is 0. The van der Waals surface area contributed by atoms with Crippen LogP contribution in [-0.4, -0.2) is 31.7 Å². The quantitative estimate of drug-likeness (QED) is 0.772. The molecule has 1 unspecified atom stereocenters. The minimum Gasteiger partial charge on any atom is -0.376 e. The van der Waals surface area contributed by atoms with Crippen LogP contribution >= 0.6 is 0 Å². The lowest BCUT2D eigenvalue weighted by Crippen LogP contribution is -2.54. The normalized spacial score (nSPS) is 37.3. The predicted octanol–water partition coefficient (Wildman–Crippen LogP) is 1.05. The maximum Gasteiger partial charge on any atom is 0.227 e.